The Morgan fingerprint density at radius 2 is 2.00 bits per heavy atom. The van der Waals surface area contributed by atoms with Crippen LogP contribution in [0.3, 0.4) is 0 Å². The zero-order valence-electron chi connectivity index (χ0n) is 19.0. The fourth-order valence-electron chi connectivity index (χ4n) is 3.14. The first-order valence-corrected chi connectivity index (χ1v) is 11.4. The lowest BCUT2D eigenvalue weighted by Gasteiger charge is -2.12. The van der Waals surface area contributed by atoms with Crippen molar-refractivity contribution in [3.05, 3.63) is 62.6 Å². The zero-order valence-corrected chi connectivity index (χ0v) is 20.6. The van der Waals surface area contributed by atoms with Crippen LogP contribution in [0.5, 0.6) is 11.5 Å². The van der Waals surface area contributed by atoms with E-state index >= 15 is 0 Å². The third kappa shape index (κ3) is 6.19. The van der Waals surface area contributed by atoms with Gasteiger partial charge in [-0.2, -0.15) is 9.78 Å². The fraction of sp³-hybridized carbons (Fsp3) is 0.333. The molecule has 8 nitrogen and oxygen atoms in total. The minimum absolute atomic E-state index is 0.215. The molecule has 0 N–H and O–H groups in total. The summed E-state index contributed by atoms with van der Waals surface area (Å²) in [6.45, 7) is 5.34. The van der Waals surface area contributed by atoms with Crippen molar-refractivity contribution in [1.29, 1.82) is 0 Å². The van der Waals surface area contributed by atoms with E-state index in [9.17, 15) is 9.59 Å². The van der Waals surface area contributed by atoms with E-state index in [0.29, 0.717) is 40.2 Å². The molecule has 0 spiro atoms. The molecule has 0 unspecified atom stereocenters. The highest BCUT2D eigenvalue weighted by Gasteiger charge is 2.12. The van der Waals surface area contributed by atoms with Crippen molar-refractivity contribution < 1.29 is 19.0 Å². The normalized spacial score (nSPS) is 11.3. The van der Waals surface area contributed by atoms with Crippen LogP contribution in [0.4, 0.5) is 0 Å². The molecule has 0 amide bonds. The van der Waals surface area contributed by atoms with Gasteiger partial charge in [-0.15, -0.1) is 0 Å². The molecule has 3 aromatic rings. The summed E-state index contributed by atoms with van der Waals surface area (Å²) in [7, 11) is 1.50. The summed E-state index contributed by atoms with van der Waals surface area (Å²) in [6.07, 6.45) is 2.78. The molecule has 174 valence electrons. The highest BCUT2D eigenvalue weighted by Crippen LogP contribution is 2.27. The standard InChI is InChI=1S/C24H26BrN3O5/c1-5-6-22-27-19-9-8-17(25)12-18(19)24(30)28(22)26-13-16-7-10-20(21(11-16)31-4)32-14-23(29)33-15(2)3/h7-13,15H,5-6,14H2,1-4H3. The molecule has 9 heteroatoms. The quantitative estimate of drug-likeness (QED) is 0.311. The second-order valence-corrected chi connectivity index (χ2v) is 8.45. The van der Waals surface area contributed by atoms with Crippen molar-refractivity contribution in [3.8, 4) is 11.5 Å². The van der Waals surface area contributed by atoms with Gasteiger partial charge < -0.3 is 14.2 Å². The van der Waals surface area contributed by atoms with Gasteiger partial charge in [0, 0.05) is 10.9 Å². The Balaban J connectivity index is 1.89. The second kappa shape index (κ2) is 11.1. The monoisotopic (exact) mass is 515 g/mol. The van der Waals surface area contributed by atoms with Gasteiger partial charge in [0.1, 0.15) is 5.82 Å². The molecule has 0 aliphatic rings. The Hall–Kier alpha value is -3.20. The lowest BCUT2D eigenvalue weighted by Crippen LogP contribution is -2.22. The Kier molecular flexibility index (Phi) is 8.21. The summed E-state index contributed by atoms with van der Waals surface area (Å²) in [5.74, 6) is 0.953. The number of halogens is 1. The van der Waals surface area contributed by atoms with Crippen LogP contribution in [0.2, 0.25) is 0 Å². The van der Waals surface area contributed by atoms with Crippen molar-refractivity contribution in [2.75, 3.05) is 13.7 Å². The summed E-state index contributed by atoms with van der Waals surface area (Å²) in [6, 6.07) is 10.6. The highest BCUT2D eigenvalue weighted by molar-refractivity contribution is 9.10. The molecule has 3 rings (SSSR count). The number of aryl methyl sites for hydroxylation is 1. The molecular formula is C24H26BrN3O5. The van der Waals surface area contributed by atoms with Crippen LogP contribution in [0.1, 0.15) is 38.6 Å². The van der Waals surface area contributed by atoms with Crippen LogP contribution in [-0.4, -0.2) is 41.7 Å². The number of carbonyl (C=O) groups is 1. The van der Waals surface area contributed by atoms with Gasteiger partial charge in [0.15, 0.2) is 18.1 Å². The lowest BCUT2D eigenvalue weighted by atomic mass is 10.2. The zero-order chi connectivity index (χ0) is 24.0. The molecule has 0 aliphatic carbocycles. The van der Waals surface area contributed by atoms with Crippen molar-refractivity contribution in [2.45, 2.75) is 39.7 Å². The predicted octanol–water partition coefficient (Wildman–Crippen LogP) is 4.33. The van der Waals surface area contributed by atoms with Crippen LogP contribution in [-0.2, 0) is 16.0 Å². The van der Waals surface area contributed by atoms with E-state index in [4.69, 9.17) is 14.2 Å². The third-order valence-corrected chi connectivity index (χ3v) is 5.06. The number of hydrogen-bond acceptors (Lipinski definition) is 7. The van der Waals surface area contributed by atoms with Crippen LogP contribution in [0, 0.1) is 0 Å². The van der Waals surface area contributed by atoms with E-state index in [1.807, 2.05) is 19.1 Å². The van der Waals surface area contributed by atoms with Crippen molar-refractivity contribution in [2.24, 2.45) is 5.10 Å². The predicted molar refractivity (Wildman–Crippen MR) is 130 cm³/mol. The van der Waals surface area contributed by atoms with Gasteiger partial charge in [0.2, 0.25) is 0 Å². The molecule has 0 fully saturated rings. The lowest BCUT2D eigenvalue weighted by molar-refractivity contribution is -0.149. The molecule has 1 aromatic heterocycles. The molecule has 0 aliphatic heterocycles. The summed E-state index contributed by atoms with van der Waals surface area (Å²) < 4.78 is 18.1. The molecule has 1 heterocycles. The summed E-state index contributed by atoms with van der Waals surface area (Å²) in [5.41, 5.74) is 1.08. The number of methoxy groups -OCH3 is 1. The number of carbonyl (C=O) groups excluding carboxylic acids is 1. The Morgan fingerprint density at radius 3 is 2.70 bits per heavy atom. The minimum atomic E-state index is -0.462. The average molecular weight is 516 g/mol. The van der Waals surface area contributed by atoms with Crippen molar-refractivity contribution >= 4 is 39.0 Å². The van der Waals surface area contributed by atoms with Gasteiger partial charge in [-0.25, -0.2) is 9.78 Å². The maximum Gasteiger partial charge on any atom is 0.344 e. The molecule has 0 saturated carbocycles. The maximum absolute atomic E-state index is 13.1. The number of aromatic nitrogens is 2. The minimum Gasteiger partial charge on any atom is -0.493 e. The summed E-state index contributed by atoms with van der Waals surface area (Å²) in [4.78, 5) is 29.5. The van der Waals surface area contributed by atoms with Gasteiger partial charge >= 0.3 is 5.97 Å². The van der Waals surface area contributed by atoms with E-state index in [1.165, 1.54) is 11.8 Å². The summed E-state index contributed by atoms with van der Waals surface area (Å²) in [5, 5.41) is 4.90. The van der Waals surface area contributed by atoms with Crippen LogP contribution in [0.25, 0.3) is 10.9 Å². The number of rotatable bonds is 9. The van der Waals surface area contributed by atoms with Gasteiger partial charge in [0.05, 0.1) is 30.3 Å². The topological polar surface area (TPSA) is 92.0 Å². The number of fused-ring (bicyclic) bond motifs is 1. The van der Waals surface area contributed by atoms with E-state index in [1.54, 1.807) is 44.3 Å². The van der Waals surface area contributed by atoms with E-state index in [2.05, 4.69) is 26.0 Å². The van der Waals surface area contributed by atoms with Gasteiger partial charge in [-0.3, -0.25) is 4.79 Å². The average Bonchev–Trinajstić information content (AvgIpc) is 2.78. The fourth-order valence-corrected chi connectivity index (χ4v) is 3.50. The molecular weight excluding hydrogens is 490 g/mol. The van der Waals surface area contributed by atoms with Crippen LogP contribution >= 0.6 is 15.9 Å². The third-order valence-electron chi connectivity index (χ3n) is 4.57. The molecule has 0 atom stereocenters. The van der Waals surface area contributed by atoms with E-state index in [-0.39, 0.29) is 18.3 Å². The van der Waals surface area contributed by atoms with E-state index < -0.39 is 5.97 Å². The largest absolute Gasteiger partial charge is 0.493 e. The van der Waals surface area contributed by atoms with Crippen molar-refractivity contribution in [1.82, 2.24) is 9.66 Å². The second-order valence-electron chi connectivity index (χ2n) is 7.54. The first-order valence-electron chi connectivity index (χ1n) is 10.6. The number of esters is 1. The Labute approximate surface area is 200 Å². The first kappa shape index (κ1) is 24.4. The smallest absolute Gasteiger partial charge is 0.344 e. The van der Waals surface area contributed by atoms with Crippen LogP contribution < -0.4 is 15.0 Å². The van der Waals surface area contributed by atoms with E-state index in [0.717, 1.165) is 10.9 Å². The summed E-state index contributed by atoms with van der Waals surface area (Å²) >= 11 is 3.40. The highest BCUT2D eigenvalue weighted by atomic mass is 79.9. The molecule has 0 saturated heterocycles. The van der Waals surface area contributed by atoms with Gasteiger partial charge in [-0.05, 0) is 62.2 Å². The van der Waals surface area contributed by atoms with Gasteiger partial charge in [0.25, 0.3) is 5.56 Å². The number of nitrogens with zero attached hydrogens (tertiary/aromatic N) is 3. The molecule has 33 heavy (non-hydrogen) atoms. The van der Waals surface area contributed by atoms with Crippen molar-refractivity contribution in [3.63, 3.8) is 0 Å². The van der Waals surface area contributed by atoms with Crippen LogP contribution in [0.15, 0.2) is 50.8 Å². The first-order chi connectivity index (χ1) is 15.8. The number of hydrogen-bond donors (Lipinski definition) is 0. The number of ether oxygens (including phenoxy) is 3. The molecule has 0 bridgehead atoms. The molecule has 2 aromatic carbocycles. The maximum atomic E-state index is 13.1. The molecule has 0 radical (unpaired) electrons. The SMILES string of the molecule is CCCc1nc2ccc(Br)cc2c(=O)n1N=Cc1ccc(OCC(=O)OC(C)C)c(OC)c1. The van der Waals surface area contributed by atoms with Gasteiger partial charge in [-0.1, -0.05) is 22.9 Å². The Bertz CT molecular complexity index is 1240. The number of benzene rings is 2. The Morgan fingerprint density at radius 1 is 1.21 bits per heavy atom.